The molecule has 158 valence electrons. The lowest BCUT2D eigenvalue weighted by Gasteiger charge is -2.38. The third kappa shape index (κ3) is 7.18. The van der Waals surface area contributed by atoms with Gasteiger partial charge in [-0.1, -0.05) is 12.5 Å². The molecule has 0 spiro atoms. The minimum absolute atomic E-state index is 0. The van der Waals surface area contributed by atoms with Crippen molar-refractivity contribution >= 4 is 47.2 Å². The van der Waals surface area contributed by atoms with Crippen LogP contribution in [0.3, 0.4) is 0 Å². The van der Waals surface area contributed by atoms with Gasteiger partial charge in [0.05, 0.1) is 6.54 Å². The zero-order valence-electron chi connectivity index (χ0n) is 16.9. The van der Waals surface area contributed by atoms with E-state index < -0.39 is 0 Å². The standard InChI is InChI=1S/C20H33N5OS.HI/c1-2-21-20(22-9-8-18-7-4-16-27-18)23-10-11-24-12-14-25(15-13-24)19(26)17-5-3-6-17;/h4,7,16-17H,2-3,5-6,8-15H2,1H3,(H2,21,22,23);1H. The molecule has 1 aliphatic heterocycles. The first-order valence-electron chi connectivity index (χ1n) is 10.3. The molecule has 0 bridgehead atoms. The van der Waals surface area contributed by atoms with Crippen molar-refractivity contribution in [1.29, 1.82) is 0 Å². The fraction of sp³-hybridized carbons (Fsp3) is 0.700. The van der Waals surface area contributed by atoms with Crippen molar-refractivity contribution in [2.75, 3.05) is 52.4 Å². The van der Waals surface area contributed by atoms with Crippen molar-refractivity contribution in [2.24, 2.45) is 10.9 Å². The van der Waals surface area contributed by atoms with Gasteiger partial charge in [0, 0.05) is 56.6 Å². The Morgan fingerprint density at radius 1 is 1.25 bits per heavy atom. The summed E-state index contributed by atoms with van der Waals surface area (Å²) in [5, 5.41) is 8.86. The largest absolute Gasteiger partial charge is 0.357 e. The maximum absolute atomic E-state index is 12.3. The zero-order valence-corrected chi connectivity index (χ0v) is 20.0. The highest BCUT2D eigenvalue weighted by atomic mass is 127. The van der Waals surface area contributed by atoms with Crippen LogP contribution in [0, 0.1) is 5.92 Å². The molecule has 2 N–H and O–H groups in total. The monoisotopic (exact) mass is 519 g/mol. The summed E-state index contributed by atoms with van der Waals surface area (Å²) in [5.74, 6) is 1.61. The molecule has 1 aromatic heterocycles. The number of amides is 1. The number of nitrogens with one attached hydrogen (secondary N) is 2. The van der Waals surface area contributed by atoms with Gasteiger partial charge in [-0.05, 0) is 37.6 Å². The van der Waals surface area contributed by atoms with E-state index in [2.05, 4.69) is 44.9 Å². The highest BCUT2D eigenvalue weighted by Gasteiger charge is 2.30. The van der Waals surface area contributed by atoms with Gasteiger partial charge in [-0.25, -0.2) is 0 Å². The summed E-state index contributed by atoms with van der Waals surface area (Å²) in [7, 11) is 0. The summed E-state index contributed by atoms with van der Waals surface area (Å²) >= 11 is 1.80. The molecule has 2 aliphatic rings. The Kier molecular flexibility index (Phi) is 10.6. The Morgan fingerprint density at radius 2 is 2.04 bits per heavy atom. The van der Waals surface area contributed by atoms with Gasteiger partial charge in [-0.15, -0.1) is 35.3 Å². The van der Waals surface area contributed by atoms with Crippen LogP contribution in [-0.2, 0) is 11.2 Å². The lowest BCUT2D eigenvalue weighted by atomic mass is 9.84. The van der Waals surface area contributed by atoms with E-state index in [1.807, 2.05) is 0 Å². The van der Waals surface area contributed by atoms with E-state index in [0.717, 1.165) is 77.6 Å². The van der Waals surface area contributed by atoms with E-state index in [4.69, 9.17) is 4.99 Å². The maximum atomic E-state index is 12.3. The van der Waals surface area contributed by atoms with Crippen LogP contribution >= 0.6 is 35.3 Å². The Morgan fingerprint density at radius 3 is 2.64 bits per heavy atom. The van der Waals surface area contributed by atoms with Gasteiger partial charge in [-0.3, -0.25) is 14.7 Å². The minimum Gasteiger partial charge on any atom is -0.357 e. The molecule has 2 fully saturated rings. The predicted octanol–water partition coefficient (Wildman–Crippen LogP) is 2.41. The molecular formula is C20H34IN5OS. The van der Waals surface area contributed by atoms with Gasteiger partial charge in [-0.2, -0.15) is 0 Å². The molecule has 28 heavy (non-hydrogen) atoms. The molecule has 8 heteroatoms. The summed E-state index contributed by atoms with van der Waals surface area (Å²) in [4.78, 5) is 22.9. The first-order valence-corrected chi connectivity index (χ1v) is 11.2. The van der Waals surface area contributed by atoms with E-state index in [9.17, 15) is 4.79 Å². The van der Waals surface area contributed by atoms with Gasteiger partial charge < -0.3 is 15.5 Å². The molecule has 0 aromatic carbocycles. The fourth-order valence-corrected chi connectivity index (χ4v) is 4.22. The third-order valence-electron chi connectivity index (χ3n) is 5.41. The molecule has 3 rings (SSSR count). The number of guanidine groups is 1. The average molecular weight is 519 g/mol. The summed E-state index contributed by atoms with van der Waals surface area (Å²) in [5.41, 5.74) is 0. The van der Waals surface area contributed by atoms with E-state index in [1.165, 1.54) is 11.3 Å². The van der Waals surface area contributed by atoms with Crippen LogP contribution in [0.4, 0.5) is 0 Å². The third-order valence-corrected chi connectivity index (χ3v) is 6.35. The van der Waals surface area contributed by atoms with Crippen molar-refractivity contribution in [1.82, 2.24) is 20.4 Å². The van der Waals surface area contributed by atoms with Gasteiger partial charge in [0.25, 0.3) is 0 Å². The normalized spacial score (nSPS) is 18.3. The molecular weight excluding hydrogens is 485 g/mol. The number of rotatable bonds is 8. The van der Waals surface area contributed by atoms with Gasteiger partial charge in [0.15, 0.2) is 5.96 Å². The fourth-order valence-electron chi connectivity index (χ4n) is 3.51. The van der Waals surface area contributed by atoms with Gasteiger partial charge in [0.1, 0.15) is 0 Å². The van der Waals surface area contributed by atoms with E-state index >= 15 is 0 Å². The summed E-state index contributed by atoms with van der Waals surface area (Å²) in [6, 6.07) is 4.27. The lowest BCUT2D eigenvalue weighted by Crippen LogP contribution is -2.51. The molecule has 1 saturated carbocycles. The van der Waals surface area contributed by atoms with Crippen LogP contribution in [0.2, 0.25) is 0 Å². The lowest BCUT2D eigenvalue weighted by molar-refractivity contribution is -0.139. The highest BCUT2D eigenvalue weighted by molar-refractivity contribution is 14.0. The quantitative estimate of drug-likeness (QED) is 0.315. The first-order chi connectivity index (χ1) is 13.3. The number of nitrogens with zero attached hydrogens (tertiary/aromatic N) is 3. The molecule has 1 aromatic rings. The second-order valence-corrected chi connectivity index (χ2v) is 8.34. The number of carbonyl (C=O) groups is 1. The molecule has 6 nitrogen and oxygen atoms in total. The number of piperazine rings is 1. The molecule has 0 unspecified atom stereocenters. The molecule has 1 saturated heterocycles. The van der Waals surface area contributed by atoms with Crippen molar-refractivity contribution in [3.05, 3.63) is 22.4 Å². The van der Waals surface area contributed by atoms with Crippen LogP contribution in [0.1, 0.15) is 31.1 Å². The Balaban J connectivity index is 0.00000280. The zero-order chi connectivity index (χ0) is 18.9. The van der Waals surface area contributed by atoms with Crippen LogP contribution in [0.25, 0.3) is 0 Å². The van der Waals surface area contributed by atoms with E-state index in [1.54, 1.807) is 11.3 Å². The topological polar surface area (TPSA) is 60.0 Å². The number of halogens is 1. The molecule has 1 aliphatic carbocycles. The van der Waals surface area contributed by atoms with Crippen molar-refractivity contribution < 1.29 is 4.79 Å². The Bertz CT molecular complexity index is 598. The summed E-state index contributed by atoms with van der Waals surface area (Å²) in [6.07, 6.45) is 4.45. The molecule has 2 heterocycles. The number of aliphatic imine (C=N–C) groups is 1. The number of hydrogen-bond acceptors (Lipinski definition) is 4. The Hall–Kier alpha value is -0.870. The summed E-state index contributed by atoms with van der Waals surface area (Å²) < 4.78 is 0. The van der Waals surface area contributed by atoms with Crippen molar-refractivity contribution in [3.8, 4) is 0 Å². The van der Waals surface area contributed by atoms with Crippen LogP contribution in [-0.4, -0.2) is 74.0 Å². The second-order valence-electron chi connectivity index (χ2n) is 7.31. The average Bonchev–Trinajstić information content (AvgIpc) is 3.14. The van der Waals surface area contributed by atoms with E-state index in [0.29, 0.717) is 11.8 Å². The van der Waals surface area contributed by atoms with Crippen LogP contribution in [0.15, 0.2) is 22.5 Å². The minimum atomic E-state index is 0. The number of hydrogen-bond donors (Lipinski definition) is 2. The molecule has 1 amide bonds. The maximum Gasteiger partial charge on any atom is 0.225 e. The molecule has 0 radical (unpaired) electrons. The van der Waals surface area contributed by atoms with Gasteiger partial charge in [0.2, 0.25) is 5.91 Å². The predicted molar refractivity (Wildman–Crippen MR) is 128 cm³/mol. The molecule has 0 atom stereocenters. The SMILES string of the molecule is CCNC(=NCCN1CCN(C(=O)C2CCC2)CC1)NCCc1cccs1.I. The van der Waals surface area contributed by atoms with Crippen molar-refractivity contribution in [2.45, 2.75) is 32.6 Å². The second kappa shape index (κ2) is 12.6. The van der Waals surface area contributed by atoms with Crippen LogP contribution in [0.5, 0.6) is 0 Å². The van der Waals surface area contributed by atoms with E-state index in [-0.39, 0.29) is 24.0 Å². The van der Waals surface area contributed by atoms with Gasteiger partial charge >= 0.3 is 0 Å². The highest BCUT2D eigenvalue weighted by Crippen LogP contribution is 2.28. The first kappa shape index (κ1) is 23.4. The van der Waals surface area contributed by atoms with Crippen LogP contribution < -0.4 is 10.6 Å². The number of carbonyl (C=O) groups excluding carboxylic acids is 1. The van der Waals surface area contributed by atoms with Crippen molar-refractivity contribution in [3.63, 3.8) is 0 Å². The smallest absolute Gasteiger partial charge is 0.225 e. The summed E-state index contributed by atoms with van der Waals surface area (Å²) in [6.45, 7) is 9.27. The Labute approximate surface area is 190 Å². The number of thiophene rings is 1.